The molecule has 72 valence electrons. The van der Waals surface area contributed by atoms with E-state index in [-0.39, 0.29) is 0 Å². The standard InChI is InChI=1S/C7H11N3O3/c8-5(11)10-2-1-7(4-10)3-9-6(12)13-7/h1-4H2,(H2,8,11)(H,9,12). The Hall–Kier alpha value is -1.46. The van der Waals surface area contributed by atoms with Crippen molar-refractivity contribution in [2.24, 2.45) is 5.73 Å². The van der Waals surface area contributed by atoms with Crippen molar-refractivity contribution in [3.63, 3.8) is 0 Å². The Balaban J connectivity index is 2.05. The Morgan fingerprint density at radius 1 is 1.69 bits per heavy atom. The van der Waals surface area contributed by atoms with Crippen LogP contribution in [0.1, 0.15) is 6.42 Å². The van der Waals surface area contributed by atoms with Gasteiger partial charge in [0.05, 0.1) is 13.1 Å². The van der Waals surface area contributed by atoms with Crippen molar-refractivity contribution in [3.05, 3.63) is 0 Å². The van der Waals surface area contributed by atoms with Gasteiger partial charge in [-0.05, 0) is 0 Å². The van der Waals surface area contributed by atoms with Gasteiger partial charge in [0.15, 0.2) is 5.60 Å². The number of carbonyl (C=O) groups is 2. The number of nitrogens with zero attached hydrogens (tertiary/aromatic N) is 1. The van der Waals surface area contributed by atoms with Gasteiger partial charge in [0.25, 0.3) is 0 Å². The second-order valence-electron chi connectivity index (χ2n) is 3.44. The van der Waals surface area contributed by atoms with Gasteiger partial charge in [-0.15, -0.1) is 0 Å². The maximum atomic E-state index is 10.8. The summed E-state index contributed by atoms with van der Waals surface area (Å²) in [6, 6.07) is -0.458. The Kier molecular flexibility index (Phi) is 1.58. The highest BCUT2D eigenvalue weighted by atomic mass is 16.6. The van der Waals surface area contributed by atoms with E-state index in [2.05, 4.69) is 5.32 Å². The highest BCUT2D eigenvalue weighted by molar-refractivity contribution is 5.74. The third-order valence-electron chi connectivity index (χ3n) is 2.49. The molecule has 2 rings (SSSR count). The summed E-state index contributed by atoms with van der Waals surface area (Å²) < 4.78 is 5.09. The number of hydrogen-bond acceptors (Lipinski definition) is 3. The van der Waals surface area contributed by atoms with Gasteiger partial charge in [-0.1, -0.05) is 0 Å². The lowest BCUT2D eigenvalue weighted by Gasteiger charge is -2.19. The molecule has 1 atom stereocenters. The van der Waals surface area contributed by atoms with Crippen LogP contribution in [0.3, 0.4) is 0 Å². The summed E-state index contributed by atoms with van der Waals surface area (Å²) >= 11 is 0. The van der Waals surface area contributed by atoms with Crippen molar-refractivity contribution in [2.75, 3.05) is 19.6 Å². The average molecular weight is 185 g/mol. The van der Waals surface area contributed by atoms with Crippen LogP contribution in [-0.2, 0) is 4.74 Å². The molecule has 2 aliphatic heterocycles. The molecule has 0 aromatic heterocycles. The van der Waals surface area contributed by atoms with Crippen molar-refractivity contribution < 1.29 is 14.3 Å². The van der Waals surface area contributed by atoms with Gasteiger partial charge in [0.1, 0.15) is 0 Å². The second-order valence-corrected chi connectivity index (χ2v) is 3.44. The van der Waals surface area contributed by atoms with Crippen LogP contribution in [0.15, 0.2) is 0 Å². The summed E-state index contributed by atoms with van der Waals surface area (Å²) in [6.07, 6.45) is 0.251. The molecule has 3 amide bonds. The van der Waals surface area contributed by atoms with Crippen LogP contribution >= 0.6 is 0 Å². The highest BCUT2D eigenvalue weighted by Gasteiger charge is 2.46. The van der Waals surface area contributed by atoms with Crippen LogP contribution in [-0.4, -0.2) is 42.3 Å². The Bertz CT molecular complexity index is 268. The zero-order valence-electron chi connectivity index (χ0n) is 7.08. The molecule has 0 aromatic carbocycles. The fourth-order valence-corrected chi connectivity index (χ4v) is 1.76. The molecule has 2 fully saturated rings. The smallest absolute Gasteiger partial charge is 0.407 e. The highest BCUT2D eigenvalue weighted by Crippen LogP contribution is 2.27. The molecular weight excluding hydrogens is 174 g/mol. The fraction of sp³-hybridized carbons (Fsp3) is 0.714. The molecule has 6 heteroatoms. The largest absolute Gasteiger partial charge is 0.439 e. The minimum atomic E-state index is -0.522. The number of likely N-dealkylation sites (tertiary alicyclic amines) is 1. The monoisotopic (exact) mass is 185 g/mol. The van der Waals surface area contributed by atoms with Crippen LogP contribution in [0.25, 0.3) is 0 Å². The lowest BCUT2D eigenvalue weighted by atomic mass is 10.0. The number of hydrogen-bond donors (Lipinski definition) is 2. The van der Waals surface area contributed by atoms with Crippen molar-refractivity contribution in [1.82, 2.24) is 10.2 Å². The first-order valence-corrected chi connectivity index (χ1v) is 4.13. The zero-order valence-corrected chi connectivity index (χ0v) is 7.08. The van der Waals surface area contributed by atoms with Crippen LogP contribution in [0.5, 0.6) is 0 Å². The van der Waals surface area contributed by atoms with Crippen molar-refractivity contribution in [2.45, 2.75) is 12.0 Å². The molecule has 2 aliphatic rings. The number of nitrogens with two attached hydrogens (primary N) is 1. The van der Waals surface area contributed by atoms with E-state index >= 15 is 0 Å². The van der Waals surface area contributed by atoms with E-state index in [1.54, 1.807) is 0 Å². The van der Waals surface area contributed by atoms with E-state index in [4.69, 9.17) is 10.5 Å². The first-order chi connectivity index (χ1) is 6.11. The van der Waals surface area contributed by atoms with Crippen molar-refractivity contribution in [1.29, 1.82) is 0 Å². The summed E-state index contributed by atoms with van der Waals surface area (Å²) in [5.41, 5.74) is 4.59. The van der Waals surface area contributed by atoms with E-state index < -0.39 is 17.7 Å². The van der Waals surface area contributed by atoms with Crippen LogP contribution in [0.2, 0.25) is 0 Å². The van der Waals surface area contributed by atoms with Gasteiger partial charge in [-0.25, -0.2) is 9.59 Å². The zero-order chi connectivity index (χ0) is 9.47. The lowest BCUT2D eigenvalue weighted by Crippen LogP contribution is -2.40. The summed E-state index contributed by atoms with van der Waals surface area (Å²) in [5, 5.41) is 2.57. The van der Waals surface area contributed by atoms with Gasteiger partial charge in [-0.3, -0.25) is 0 Å². The summed E-state index contributed by atoms with van der Waals surface area (Å²) in [4.78, 5) is 23.1. The minimum absolute atomic E-state index is 0.404. The third kappa shape index (κ3) is 1.28. The quantitative estimate of drug-likeness (QED) is 0.520. The molecule has 6 nitrogen and oxygen atoms in total. The molecule has 3 N–H and O–H groups in total. The molecule has 1 unspecified atom stereocenters. The summed E-state index contributed by atoms with van der Waals surface area (Å²) in [6.45, 7) is 1.43. The fourth-order valence-electron chi connectivity index (χ4n) is 1.76. The lowest BCUT2D eigenvalue weighted by molar-refractivity contribution is 0.0663. The van der Waals surface area contributed by atoms with E-state index in [9.17, 15) is 9.59 Å². The molecule has 0 saturated carbocycles. The Morgan fingerprint density at radius 2 is 2.46 bits per heavy atom. The van der Waals surface area contributed by atoms with E-state index in [1.165, 1.54) is 4.90 Å². The molecule has 0 aromatic rings. The first-order valence-electron chi connectivity index (χ1n) is 4.13. The number of ether oxygens (including phenoxy) is 1. The molecule has 2 heterocycles. The van der Waals surface area contributed by atoms with Crippen LogP contribution in [0, 0.1) is 0 Å². The van der Waals surface area contributed by atoms with Gasteiger partial charge in [0, 0.05) is 13.0 Å². The third-order valence-corrected chi connectivity index (χ3v) is 2.49. The van der Waals surface area contributed by atoms with E-state index in [0.29, 0.717) is 26.1 Å². The average Bonchev–Trinajstić information content (AvgIpc) is 2.61. The maximum Gasteiger partial charge on any atom is 0.407 e. The van der Waals surface area contributed by atoms with Crippen LogP contribution < -0.4 is 11.1 Å². The Morgan fingerprint density at radius 3 is 2.92 bits per heavy atom. The summed E-state index contributed by atoms with van der Waals surface area (Å²) in [7, 11) is 0. The minimum Gasteiger partial charge on any atom is -0.439 e. The Labute approximate surface area is 75.0 Å². The number of primary amides is 1. The molecule has 0 radical (unpaired) electrons. The first kappa shape index (κ1) is 8.15. The SMILES string of the molecule is NC(=O)N1CCC2(CNC(=O)O2)C1. The predicted molar refractivity (Wildman–Crippen MR) is 43.0 cm³/mol. The number of rotatable bonds is 0. The molecule has 1 spiro atoms. The van der Waals surface area contributed by atoms with E-state index in [0.717, 1.165) is 0 Å². The number of nitrogens with one attached hydrogen (secondary N) is 1. The number of amides is 3. The number of urea groups is 1. The van der Waals surface area contributed by atoms with E-state index in [1.807, 2.05) is 0 Å². The molecule has 2 saturated heterocycles. The van der Waals surface area contributed by atoms with Gasteiger partial charge >= 0.3 is 12.1 Å². The van der Waals surface area contributed by atoms with Gasteiger partial charge in [0.2, 0.25) is 0 Å². The van der Waals surface area contributed by atoms with Crippen molar-refractivity contribution in [3.8, 4) is 0 Å². The maximum absolute atomic E-state index is 10.8. The van der Waals surface area contributed by atoms with Gasteiger partial charge < -0.3 is 20.7 Å². The number of carbonyl (C=O) groups excluding carboxylic acids is 2. The second kappa shape index (κ2) is 2.51. The summed E-state index contributed by atoms with van der Waals surface area (Å²) in [5.74, 6) is 0. The number of alkyl carbamates (subject to hydrolysis) is 1. The van der Waals surface area contributed by atoms with Gasteiger partial charge in [-0.2, -0.15) is 0 Å². The molecule has 0 aliphatic carbocycles. The predicted octanol–water partition coefficient (Wildman–Crippen LogP) is -0.751. The topological polar surface area (TPSA) is 84.7 Å². The molecule has 0 bridgehead atoms. The molecular formula is C7H11N3O3. The van der Waals surface area contributed by atoms with Crippen molar-refractivity contribution >= 4 is 12.1 Å². The normalized spacial score (nSPS) is 32.0. The molecule has 13 heavy (non-hydrogen) atoms. The van der Waals surface area contributed by atoms with Crippen LogP contribution in [0.4, 0.5) is 9.59 Å².